The van der Waals surface area contributed by atoms with Crippen LogP contribution < -0.4 is 5.32 Å². The van der Waals surface area contributed by atoms with Gasteiger partial charge in [-0.25, -0.2) is 4.98 Å². The van der Waals surface area contributed by atoms with Crippen LogP contribution in [0.3, 0.4) is 0 Å². The molecule has 0 aliphatic rings. The van der Waals surface area contributed by atoms with Crippen LogP contribution in [0.25, 0.3) is 11.0 Å². The molecule has 1 N–H and O–H groups in total. The minimum atomic E-state index is -0.0580. The molecule has 0 bridgehead atoms. The number of hydrogen-bond donors (Lipinski definition) is 1. The second kappa shape index (κ2) is 8.93. The summed E-state index contributed by atoms with van der Waals surface area (Å²) in [7, 11) is 4.05. The number of fused-ring (bicyclic) bond motifs is 1. The summed E-state index contributed by atoms with van der Waals surface area (Å²) in [5, 5.41) is 3.07. The summed E-state index contributed by atoms with van der Waals surface area (Å²) < 4.78 is 2.12. The first-order valence-corrected chi connectivity index (χ1v) is 10.1. The molecule has 0 radical (unpaired) electrons. The topological polar surface area (TPSA) is 50.2 Å². The molecular weight excluding hydrogens is 372 g/mol. The summed E-state index contributed by atoms with van der Waals surface area (Å²) in [5.74, 6) is -0.0580. The number of carbonyl (C=O) groups is 1. The smallest absolute Gasteiger partial charge is 0.251 e. The normalized spacial score (nSPS) is 12.2. The molecule has 1 atom stereocenters. The molecule has 0 saturated heterocycles. The Labute approximate surface area is 177 Å². The summed E-state index contributed by atoms with van der Waals surface area (Å²) in [6.07, 6.45) is 1.86. The van der Waals surface area contributed by atoms with Gasteiger partial charge in [0.1, 0.15) is 0 Å². The third-order valence-corrected chi connectivity index (χ3v) is 5.36. The Morgan fingerprint density at radius 2 is 1.67 bits per heavy atom. The zero-order chi connectivity index (χ0) is 20.9. The molecule has 0 unspecified atom stereocenters. The van der Waals surface area contributed by atoms with Crippen molar-refractivity contribution >= 4 is 16.9 Å². The van der Waals surface area contributed by atoms with Crippen LogP contribution in [0.4, 0.5) is 0 Å². The third-order valence-electron chi connectivity index (χ3n) is 5.36. The van der Waals surface area contributed by atoms with Crippen molar-refractivity contribution in [2.45, 2.75) is 12.6 Å². The van der Waals surface area contributed by atoms with Crippen molar-refractivity contribution in [1.82, 2.24) is 19.8 Å². The summed E-state index contributed by atoms with van der Waals surface area (Å²) in [6.45, 7) is 1.28. The van der Waals surface area contributed by atoms with E-state index < -0.39 is 0 Å². The first-order valence-electron chi connectivity index (χ1n) is 10.1. The van der Waals surface area contributed by atoms with Gasteiger partial charge in [0, 0.05) is 18.7 Å². The number of nitrogens with one attached hydrogen (secondary N) is 1. The summed E-state index contributed by atoms with van der Waals surface area (Å²) in [6, 6.07) is 26.2. The van der Waals surface area contributed by atoms with Gasteiger partial charge >= 0.3 is 0 Å². The number of likely N-dealkylation sites (N-methyl/N-ethyl adjacent to an activating group) is 1. The average molecular weight is 399 g/mol. The molecule has 4 aromatic rings. The van der Waals surface area contributed by atoms with Crippen LogP contribution in [0.5, 0.6) is 0 Å². The predicted octanol–water partition coefficient (Wildman–Crippen LogP) is 4.12. The Morgan fingerprint density at radius 3 is 2.40 bits per heavy atom. The highest BCUT2D eigenvalue weighted by molar-refractivity contribution is 5.94. The molecule has 1 heterocycles. The standard InChI is InChI=1S/C25H26N4O/c1-28(2)24(20-8-4-3-5-9-20)16-26-25(30)21-14-12-19(13-15-21)17-29-18-27-22-10-6-7-11-23(22)29/h3-15,18,24H,16-17H2,1-2H3,(H,26,30)/t24-/m0/s1. The lowest BCUT2D eigenvalue weighted by Crippen LogP contribution is -2.34. The fraction of sp³-hybridized carbons (Fsp3) is 0.200. The van der Waals surface area contributed by atoms with Crippen LogP contribution in [-0.2, 0) is 6.54 Å². The van der Waals surface area contributed by atoms with Crippen LogP contribution in [0.2, 0.25) is 0 Å². The van der Waals surface area contributed by atoms with E-state index >= 15 is 0 Å². The van der Waals surface area contributed by atoms with Gasteiger partial charge in [0.2, 0.25) is 0 Å². The van der Waals surface area contributed by atoms with Crippen molar-refractivity contribution in [2.24, 2.45) is 0 Å². The molecule has 4 rings (SSSR count). The highest BCUT2D eigenvalue weighted by atomic mass is 16.1. The monoisotopic (exact) mass is 398 g/mol. The van der Waals surface area contributed by atoms with E-state index in [1.165, 1.54) is 5.56 Å². The molecule has 0 fully saturated rings. The Kier molecular flexibility index (Phi) is 5.91. The van der Waals surface area contributed by atoms with E-state index in [-0.39, 0.29) is 11.9 Å². The largest absolute Gasteiger partial charge is 0.350 e. The van der Waals surface area contributed by atoms with E-state index in [0.29, 0.717) is 12.1 Å². The quantitative estimate of drug-likeness (QED) is 0.510. The molecule has 5 heteroatoms. The van der Waals surface area contributed by atoms with Gasteiger partial charge in [-0.2, -0.15) is 0 Å². The number of rotatable bonds is 7. The van der Waals surface area contributed by atoms with Crippen molar-refractivity contribution in [2.75, 3.05) is 20.6 Å². The maximum Gasteiger partial charge on any atom is 0.251 e. The maximum atomic E-state index is 12.7. The van der Waals surface area contributed by atoms with Crippen molar-refractivity contribution in [3.63, 3.8) is 0 Å². The number of para-hydroxylation sites is 2. The SMILES string of the molecule is CN(C)[C@@H](CNC(=O)c1ccc(Cn2cnc3ccccc32)cc1)c1ccccc1. The molecule has 0 spiro atoms. The van der Waals surface area contributed by atoms with E-state index in [4.69, 9.17) is 0 Å². The number of hydrogen-bond acceptors (Lipinski definition) is 3. The Bertz CT molecular complexity index is 1120. The second-order valence-corrected chi connectivity index (χ2v) is 7.66. The molecule has 1 amide bonds. The first-order chi connectivity index (χ1) is 14.6. The summed E-state index contributed by atoms with van der Waals surface area (Å²) in [4.78, 5) is 19.2. The Morgan fingerprint density at radius 1 is 0.967 bits per heavy atom. The lowest BCUT2D eigenvalue weighted by atomic mass is 10.1. The zero-order valence-electron chi connectivity index (χ0n) is 17.3. The molecule has 0 saturated carbocycles. The number of imidazole rings is 1. The maximum absolute atomic E-state index is 12.7. The average Bonchev–Trinajstić information content (AvgIpc) is 3.18. The predicted molar refractivity (Wildman–Crippen MR) is 120 cm³/mol. The van der Waals surface area contributed by atoms with Gasteiger partial charge in [0.15, 0.2) is 0 Å². The van der Waals surface area contributed by atoms with Crippen molar-refractivity contribution in [3.05, 3.63) is 102 Å². The van der Waals surface area contributed by atoms with Gasteiger partial charge in [-0.15, -0.1) is 0 Å². The number of aromatic nitrogens is 2. The minimum absolute atomic E-state index is 0.0580. The van der Waals surface area contributed by atoms with Crippen LogP contribution in [0, 0.1) is 0 Å². The molecule has 1 aromatic heterocycles. The van der Waals surface area contributed by atoms with Crippen LogP contribution in [-0.4, -0.2) is 41.0 Å². The second-order valence-electron chi connectivity index (χ2n) is 7.66. The fourth-order valence-electron chi connectivity index (χ4n) is 3.66. The molecular formula is C25H26N4O. The van der Waals surface area contributed by atoms with Crippen molar-refractivity contribution < 1.29 is 4.79 Å². The van der Waals surface area contributed by atoms with Gasteiger partial charge in [-0.1, -0.05) is 54.6 Å². The zero-order valence-corrected chi connectivity index (χ0v) is 17.3. The summed E-state index contributed by atoms with van der Waals surface area (Å²) >= 11 is 0. The molecule has 3 aromatic carbocycles. The number of amides is 1. The van der Waals surface area contributed by atoms with E-state index in [1.54, 1.807) is 0 Å². The highest BCUT2D eigenvalue weighted by Gasteiger charge is 2.15. The molecule has 0 aliphatic heterocycles. The van der Waals surface area contributed by atoms with Crippen molar-refractivity contribution in [1.29, 1.82) is 0 Å². The lowest BCUT2D eigenvalue weighted by Gasteiger charge is -2.25. The Balaban J connectivity index is 1.40. The van der Waals surface area contributed by atoms with Gasteiger partial charge in [-0.05, 0) is 49.5 Å². The number of benzene rings is 3. The molecule has 0 aliphatic carbocycles. The van der Waals surface area contributed by atoms with Gasteiger partial charge in [0.25, 0.3) is 5.91 Å². The van der Waals surface area contributed by atoms with E-state index in [2.05, 4.69) is 38.0 Å². The van der Waals surface area contributed by atoms with Crippen LogP contribution in [0.1, 0.15) is 27.5 Å². The van der Waals surface area contributed by atoms with Crippen LogP contribution >= 0.6 is 0 Å². The fourth-order valence-corrected chi connectivity index (χ4v) is 3.66. The summed E-state index contributed by atoms with van der Waals surface area (Å²) in [5.41, 5.74) is 5.08. The van der Waals surface area contributed by atoms with Crippen molar-refractivity contribution in [3.8, 4) is 0 Å². The van der Waals surface area contributed by atoms with E-state index in [0.717, 1.165) is 23.1 Å². The Hall–Kier alpha value is -3.44. The number of nitrogens with zero attached hydrogens (tertiary/aromatic N) is 3. The van der Waals surface area contributed by atoms with Gasteiger partial charge < -0.3 is 14.8 Å². The molecule has 5 nitrogen and oxygen atoms in total. The molecule has 30 heavy (non-hydrogen) atoms. The van der Waals surface area contributed by atoms with E-state index in [1.807, 2.05) is 81.1 Å². The minimum Gasteiger partial charge on any atom is -0.350 e. The van der Waals surface area contributed by atoms with Gasteiger partial charge in [-0.3, -0.25) is 4.79 Å². The van der Waals surface area contributed by atoms with E-state index in [9.17, 15) is 4.79 Å². The van der Waals surface area contributed by atoms with Crippen LogP contribution in [0.15, 0.2) is 85.2 Å². The lowest BCUT2D eigenvalue weighted by molar-refractivity contribution is 0.0942. The first kappa shape index (κ1) is 19.9. The number of carbonyl (C=O) groups excluding carboxylic acids is 1. The van der Waals surface area contributed by atoms with Gasteiger partial charge in [0.05, 0.1) is 23.4 Å². The third kappa shape index (κ3) is 4.42. The highest BCUT2D eigenvalue weighted by Crippen LogP contribution is 2.17. The molecule has 152 valence electrons.